The van der Waals surface area contributed by atoms with E-state index in [-0.39, 0.29) is 24.5 Å². The van der Waals surface area contributed by atoms with E-state index in [1.54, 1.807) is 25.3 Å². The Morgan fingerprint density at radius 3 is 2.79 bits per heavy atom. The van der Waals surface area contributed by atoms with Gasteiger partial charge in [-0.2, -0.15) is 5.26 Å². The predicted octanol–water partition coefficient (Wildman–Crippen LogP) is 5.32. The van der Waals surface area contributed by atoms with Crippen molar-refractivity contribution < 1.29 is 19.4 Å². The maximum atomic E-state index is 13.2. The first-order chi connectivity index (χ1) is 16.3. The van der Waals surface area contributed by atoms with E-state index in [2.05, 4.69) is 11.1 Å². The molecule has 0 aliphatic heterocycles. The number of benzene rings is 1. The van der Waals surface area contributed by atoms with E-state index < -0.39 is 5.97 Å². The Morgan fingerprint density at radius 1 is 1.26 bits per heavy atom. The molecule has 0 amide bonds. The van der Waals surface area contributed by atoms with Gasteiger partial charge in [-0.25, -0.2) is 4.98 Å². The monoisotopic (exact) mass is 481 g/mol. The second-order valence-electron chi connectivity index (χ2n) is 8.56. The van der Waals surface area contributed by atoms with Crippen LogP contribution in [0.25, 0.3) is 11.0 Å². The number of ether oxygens (including phenoxy) is 1. The van der Waals surface area contributed by atoms with Gasteiger partial charge in [0.25, 0.3) is 0 Å². The SMILES string of the molecule is C[C@H](CC(=O)O)CC(=O)c1c(CCCCOCc2cccc(C#N)c2)n(C)c2ncc(Cl)cc12. The zero-order valence-corrected chi connectivity index (χ0v) is 20.1. The topological polar surface area (TPSA) is 105 Å². The first kappa shape index (κ1) is 25.4. The summed E-state index contributed by atoms with van der Waals surface area (Å²) in [7, 11) is 1.88. The lowest BCUT2D eigenvalue weighted by atomic mass is 9.94. The Bertz CT molecular complexity index is 1230. The van der Waals surface area contributed by atoms with E-state index in [9.17, 15) is 9.59 Å². The number of aromatic nitrogens is 2. The molecule has 2 aromatic heterocycles. The molecule has 3 rings (SSSR count). The molecule has 178 valence electrons. The van der Waals surface area contributed by atoms with Crippen molar-refractivity contribution in [3.05, 3.63) is 63.9 Å². The first-order valence-corrected chi connectivity index (χ1v) is 11.6. The number of carbonyl (C=O) groups excluding carboxylic acids is 1. The van der Waals surface area contributed by atoms with Crippen molar-refractivity contribution >= 4 is 34.4 Å². The van der Waals surface area contributed by atoms with Crippen LogP contribution < -0.4 is 0 Å². The summed E-state index contributed by atoms with van der Waals surface area (Å²) in [5, 5.41) is 19.2. The molecule has 0 aliphatic carbocycles. The number of ketones is 1. The molecule has 0 spiro atoms. The molecule has 0 bridgehead atoms. The van der Waals surface area contributed by atoms with Crippen molar-refractivity contribution in [1.29, 1.82) is 5.26 Å². The van der Waals surface area contributed by atoms with Gasteiger partial charge in [0.05, 0.1) is 23.3 Å². The Kier molecular flexibility index (Phi) is 8.80. The summed E-state index contributed by atoms with van der Waals surface area (Å²) in [5.74, 6) is -1.28. The second-order valence-corrected chi connectivity index (χ2v) is 8.99. The van der Waals surface area contributed by atoms with E-state index in [4.69, 9.17) is 26.7 Å². The van der Waals surface area contributed by atoms with Gasteiger partial charge in [-0.15, -0.1) is 0 Å². The molecule has 0 unspecified atom stereocenters. The predicted molar refractivity (Wildman–Crippen MR) is 130 cm³/mol. The molecular formula is C26H28ClN3O4. The highest BCUT2D eigenvalue weighted by atomic mass is 35.5. The van der Waals surface area contributed by atoms with Crippen LogP contribution in [0.5, 0.6) is 0 Å². The largest absolute Gasteiger partial charge is 0.481 e. The van der Waals surface area contributed by atoms with Crippen LogP contribution >= 0.6 is 11.6 Å². The highest BCUT2D eigenvalue weighted by Gasteiger charge is 2.24. The van der Waals surface area contributed by atoms with Gasteiger partial charge in [0.15, 0.2) is 5.78 Å². The first-order valence-electron chi connectivity index (χ1n) is 11.2. The fraction of sp³-hybridized carbons (Fsp3) is 0.385. The fourth-order valence-electron chi connectivity index (χ4n) is 4.14. The fourth-order valence-corrected chi connectivity index (χ4v) is 4.30. The summed E-state index contributed by atoms with van der Waals surface area (Å²) in [6.07, 6.45) is 3.92. The van der Waals surface area contributed by atoms with Crippen LogP contribution in [0.1, 0.15) is 59.8 Å². The van der Waals surface area contributed by atoms with Crippen LogP contribution in [-0.2, 0) is 29.6 Å². The molecule has 1 aromatic carbocycles. The van der Waals surface area contributed by atoms with Gasteiger partial charge >= 0.3 is 5.97 Å². The molecular weight excluding hydrogens is 454 g/mol. The third-order valence-corrected chi connectivity index (χ3v) is 5.93. The molecule has 7 nitrogen and oxygen atoms in total. The smallest absolute Gasteiger partial charge is 0.303 e. The van der Waals surface area contributed by atoms with Crippen LogP contribution in [0.2, 0.25) is 5.02 Å². The van der Waals surface area contributed by atoms with Crippen LogP contribution in [0.4, 0.5) is 0 Å². The van der Waals surface area contributed by atoms with Crippen molar-refractivity contribution in [3.8, 4) is 6.07 Å². The minimum Gasteiger partial charge on any atom is -0.481 e. The molecule has 1 atom stereocenters. The number of pyridine rings is 1. The summed E-state index contributed by atoms with van der Waals surface area (Å²) in [4.78, 5) is 28.7. The Morgan fingerprint density at radius 2 is 2.06 bits per heavy atom. The van der Waals surface area contributed by atoms with Crippen LogP contribution in [0, 0.1) is 17.2 Å². The third-order valence-electron chi connectivity index (χ3n) is 5.73. The Labute approximate surface area is 203 Å². The van der Waals surface area contributed by atoms with Crippen molar-refractivity contribution in [2.24, 2.45) is 13.0 Å². The molecule has 3 aromatic rings. The van der Waals surface area contributed by atoms with Gasteiger partial charge in [0.2, 0.25) is 0 Å². The van der Waals surface area contributed by atoms with Crippen LogP contribution in [0.3, 0.4) is 0 Å². The maximum Gasteiger partial charge on any atom is 0.303 e. The zero-order chi connectivity index (χ0) is 24.7. The van der Waals surface area contributed by atoms with Crippen LogP contribution in [-0.4, -0.2) is 33.0 Å². The van der Waals surface area contributed by atoms with Gasteiger partial charge in [-0.1, -0.05) is 30.7 Å². The number of halogens is 1. The van der Waals surface area contributed by atoms with E-state index in [0.717, 1.165) is 24.1 Å². The number of carboxylic acids is 1. The lowest BCUT2D eigenvalue weighted by Gasteiger charge is -2.11. The van der Waals surface area contributed by atoms with Crippen molar-refractivity contribution in [3.63, 3.8) is 0 Å². The number of rotatable bonds is 12. The number of fused-ring (bicyclic) bond motifs is 1. The van der Waals surface area contributed by atoms with Crippen molar-refractivity contribution in [2.45, 2.75) is 45.6 Å². The molecule has 0 saturated heterocycles. The highest BCUT2D eigenvalue weighted by molar-refractivity contribution is 6.31. The van der Waals surface area contributed by atoms with Crippen molar-refractivity contribution in [1.82, 2.24) is 9.55 Å². The minimum atomic E-state index is -0.914. The number of carboxylic acid groups (broad SMARTS) is 1. The molecule has 34 heavy (non-hydrogen) atoms. The van der Waals surface area contributed by atoms with Crippen LogP contribution in [0.15, 0.2) is 36.5 Å². The van der Waals surface area contributed by atoms with E-state index in [1.807, 2.05) is 29.8 Å². The van der Waals surface area contributed by atoms with E-state index in [1.165, 1.54) is 0 Å². The minimum absolute atomic E-state index is 0.0561. The van der Waals surface area contributed by atoms with Gasteiger partial charge in [0.1, 0.15) is 5.65 Å². The average molecular weight is 482 g/mol. The molecule has 0 saturated carbocycles. The summed E-state index contributed by atoms with van der Waals surface area (Å²) >= 11 is 6.17. The molecule has 1 N–H and O–H groups in total. The number of unbranched alkanes of at least 4 members (excludes halogenated alkanes) is 1. The Hall–Kier alpha value is -3.21. The lowest BCUT2D eigenvalue weighted by Crippen LogP contribution is -2.12. The number of hydrogen-bond acceptors (Lipinski definition) is 5. The van der Waals surface area contributed by atoms with Crippen molar-refractivity contribution in [2.75, 3.05) is 6.61 Å². The average Bonchev–Trinajstić information content (AvgIpc) is 3.06. The number of nitriles is 1. The second kappa shape index (κ2) is 11.8. The van der Waals surface area contributed by atoms with E-state index in [0.29, 0.717) is 46.8 Å². The van der Waals surface area contributed by atoms with Gasteiger partial charge in [-0.3, -0.25) is 9.59 Å². The summed E-state index contributed by atoms with van der Waals surface area (Å²) in [6.45, 7) is 2.77. The molecule has 8 heteroatoms. The Balaban J connectivity index is 1.67. The molecule has 0 radical (unpaired) electrons. The summed E-state index contributed by atoms with van der Waals surface area (Å²) in [5.41, 5.74) is 3.71. The molecule has 0 aliphatic rings. The quantitative estimate of drug-likeness (QED) is 0.277. The molecule has 0 fully saturated rings. The third kappa shape index (κ3) is 6.43. The van der Waals surface area contributed by atoms with E-state index >= 15 is 0 Å². The van der Waals surface area contributed by atoms with Gasteiger partial charge in [0, 0.05) is 49.3 Å². The number of aryl methyl sites for hydroxylation is 1. The standard InChI is InChI=1S/C26H28ClN3O4/c1-17(11-24(32)33)10-23(31)25-21-13-20(27)15-29-26(21)30(2)22(25)8-3-4-9-34-16-19-7-5-6-18(12-19)14-28/h5-7,12-13,15,17H,3-4,8-11,16H2,1-2H3,(H,32,33)/t17-/m0/s1. The maximum absolute atomic E-state index is 13.2. The number of nitrogens with zero attached hydrogens (tertiary/aromatic N) is 3. The summed E-state index contributed by atoms with van der Waals surface area (Å²) in [6, 6.07) is 11.2. The normalized spacial score (nSPS) is 11.9. The summed E-state index contributed by atoms with van der Waals surface area (Å²) < 4.78 is 7.69. The van der Waals surface area contributed by atoms with Gasteiger partial charge in [-0.05, 0) is 48.9 Å². The zero-order valence-electron chi connectivity index (χ0n) is 19.4. The lowest BCUT2D eigenvalue weighted by molar-refractivity contribution is -0.137. The highest BCUT2D eigenvalue weighted by Crippen LogP contribution is 2.30. The molecule has 2 heterocycles. The number of Topliss-reactive ketones (excluding diaryl/α,β-unsaturated/α-hetero) is 1. The number of aliphatic carboxylic acids is 1. The number of carbonyl (C=O) groups is 2. The number of hydrogen-bond donors (Lipinski definition) is 1. The van der Waals surface area contributed by atoms with Gasteiger partial charge < -0.3 is 14.4 Å².